The number of nitrogens with one attached hydrogen (secondary N) is 2. The van der Waals surface area contributed by atoms with Gasteiger partial charge in [-0.25, -0.2) is 0 Å². The summed E-state index contributed by atoms with van der Waals surface area (Å²) in [4.78, 5) is 25.9. The number of hydrogen-bond acceptors (Lipinski definition) is 3. The molecule has 1 unspecified atom stereocenters. The van der Waals surface area contributed by atoms with E-state index in [1.54, 1.807) is 42.1 Å². The number of hydrogen-bond donors (Lipinski definition) is 2. The summed E-state index contributed by atoms with van der Waals surface area (Å²) in [6.45, 7) is 3.97. The predicted molar refractivity (Wildman–Crippen MR) is 97.4 cm³/mol. The molecular formula is C19H18N2O2S. The molecule has 1 heterocycles. The van der Waals surface area contributed by atoms with Gasteiger partial charge in [-0.05, 0) is 30.2 Å². The number of amides is 2. The standard InChI is InChI=1S/C19H18N2O2S/c1-2-11-20-18(22)14-8-4-5-9-15(14)21-19(23)17-12-13-7-3-6-10-16(13)24-17/h2-10,17H,1,11-12H2,(H,20,22)(H,21,23). The maximum absolute atomic E-state index is 12.6. The van der Waals surface area contributed by atoms with Crippen molar-refractivity contribution in [3.05, 3.63) is 72.3 Å². The Morgan fingerprint density at radius 3 is 2.71 bits per heavy atom. The summed E-state index contributed by atoms with van der Waals surface area (Å²) in [5, 5.41) is 5.46. The number of thioether (sulfide) groups is 1. The fourth-order valence-corrected chi connectivity index (χ4v) is 3.79. The van der Waals surface area contributed by atoms with Crippen molar-refractivity contribution in [2.45, 2.75) is 16.6 Å². The Bertz CT molecular complexity index is 763. The molecule has 0 aliphatic carbocycles. The molecule has 2 aromatic carbocycles. The molecular weight excluding hydrogens is 320 g/mol. The van der Waals surface area contributed by atoms with E-state index in [2.05, 4.69) is 17.2 Å². The second-order valence-electron chi connectivity index (χ2n) is 5.45. The summed E-state index contributed by atoms with van der Waals surface area (Å²) >= 11 is 1.57. The number of anilines is 1. The van der Waals surface area contributed by atoms with E-state index in [1.165, 1.54) is 5.56 Å². The van der Waals surface area contributed by atoms with E-state index in [9.17, 15) is 9.59 Å². The van der Waals surface area contributed by atoms with Crippen LogP contribution in [0.15, 0.2) is 66.1 Å². The van der Waals surface area contributed by atoms with Crippen LogP contribution < -0.4 is 10.6 Å². The SMILES string of the molecule is C=CCNC(=O)c1ccccc1NC(=O)C1Cc2ccccc2S1. The van der Waals surface area contributed by atoms with Gasteiger partial charge in [-0.3, -0.25) is 9.59 Å². The lowest BCUT2D eigenvalue weighted by Gasteiger charge is -2.13. The van der Waals surface area contributed by atoms with Crippen LogP contribution in [0.25, 0.3) is 0 Å². The normalized spacial score (nSPS) is 15.4. The molecule has 0 radical (unpaired) electrons. The predicted octanol–water partition coefficient (Wildman–Crippen LogP) is 3.26. The highest BCUT2D eigenvalue weighted by molar-refractivity contribution is 8.01. The Balaban J connectivity index is 1.72. The summed E-state index contributed by atoms with van der Waals surface area (Å²) in [5.74, 6) is -0.312. The van der Waals surface area contributed by atoms with Gasteiger partial charge < -0.3 is 10.6 Å². The number of carbonyl (C=O) groups excluding carboxylic acids is 2. The molecule has 0 bridgehead atoms. The van der Waals surface area contributed by atoms with Gasteiger partial charge in [-0.15, -0.1) is 18.3 Å². The van der Waals surface area contributed by atoms with Gasteiger partial charge in [0.25, 0.3) is 5.91 Å². The van der Waals surface area contributed by atoms with Crippen molar-refractivity contribution in [3.63, 3.8) is 0 Å². The molecule has 5 heteroatoms. The van der Waals surface area contributed by atoms with Crippen LogP contribution in [-0.4, -0.2) is 23.6 Å². The summed E-state index contributed by atoms with van der Waals surface area (Å²) in [7, 11) is 0. The number of rotatable bonds is 5. The summed E-state index contributed by atoms with van der Waals surface area (Å²) in [6, 6.07) is 15.1. The highest BCUT2D eigenvalue weighted by atomic mass is 32.2. The molecule has 24 heavy (non-hydrogen) atoms. The van der Waals surface area contributed by atoms with Gasteiger partial charge in [0.1, 0.15) is 0 Å². The Hall–Kier alpha value is -2.53. The monoisotopic (exact) mass is 338 g/mol. The second kappa shape index (κ2) is 7.36. The topological polar surface area (TPSA) is 58.2 Å². The molecule has 0 spiro atoms. The lowest BCUT2D eigenvalue weighted by molar-refractivity contribution is -0.115. The molecule has 0 saturated carbocycles. The van der Waals surface area contributed by atoms with Crippen molar-refractivity contribution < 1.29 is 9.59 Å². The number of fused-ring (bicyclic) bond motifs is 1. The lowest BCUT2D eigenvalue weighted by atomic mass is 10.1. The zero-order valence-electron chi connectivity index (χ0n) is 13.1. The fraction of sp³-hybridized carbons (Fsp3) is 0.158. The first-order valence-electron chi connectivity index (χ1n) is 7.72. The Kier molecular flexibility index (Phi) is 5.01. The van der Waals surface area contributed by atoms with Crippen molar-refractivity contribution in [2.24, 2.45) is 0 Å². The minimum absolute atomic E-state index is 0.0832. The van der Waals surface area contributed by atoms with Crippen LogP contribution in [0, 0.1) is 0 Å². The molecule has 1 aliphatic heterocycles. The summed E-state index contributed by atoms with van der Waals surface area (Å²) in [6.07, 6.45) is 2.32. The Labute approximate surface area is 145 Å². The molecule has 2 aromatic rings. The van der Waals surface area contributed by atoms with Gasteiger partial charge in [-0.1, -0.05) is 36.4 Å². The van der Waals surface area contributed by atoms with Gasteiger partial charge in [0, 0.05) is 11.4 Å². The third-order valence-electron chi connectivity index (χ3n) is 3.78. The third kappa shape index (κ3) is 3.51. The quantitative estimate of drug-likeness (QED) is 0.823. The largest absolute Gasteiger partial charge is 0.349 e. The molecule has 122 valence electrons. The molecule has 2 amide bonds. The maximum atomic E-state index is 12.6. The first-order chi connectivity index (χ1) is 11.7. The van der Waals surface area contributed by atoms with E-state index in [0.29, 0.717) is 24.2 Å². The highest BCUT2D eigenvalue weighted by Crippen LogP contribution is 2.37. The van der Waals surface area contributed by atoms with E-state index in [4.69, 9.17) is 0 Å². The number of carbonyl (C=O) groups is 2. The van der Waals surface area contributed by atoms with Crippen LogP contribution in [0.2, 0.25) is 0 Å². The summed E-state index contributed by atoms with van der Waals surface area (Å²) in [5.41, 5.74) is 2.17. The number of para-hydroxylation sites is 1. The van der Waals surface area contributed by atoms with Crippen LogP contribution in [-0.2, 0) is 11.2 Å². The van der Waals surface area contributed by atoms with Gasteiger partial charge in [0.15, 0.2) is 0 Å². The van der Waals surface area contributed by atoms with Crippen LogP contribution in [0.1, 0.15) is 15.9 Å². The molecule has 1 aliphatic rings. The van der Waals surface area contributed by atoms with Crippen LogP contribution in [0.3, 0.4) is 0 Å². The van der Waals surface area contributed by atoms with E-state index in [-0.39, 0.29) is 17.1 Å². The van der Waals surface area contributed by atoms with Gasteiger partial charge in [0.05, 0.1) is 16.5 Å². The first-order valence-corrected chi connectivity index (χ1v) is 8.60. The van der Waals surface area contributed by atoms with Crippen LogP contribution in [0.4, 0.5) is 5.69 Å². The van der Waals surface area contributed by atoms with E-state index in [1.807, 2.05) is 24.3 Å². The second-order valence-corrected chi connectivity index (χ2v) is 6.70. The average Bonchev–Trinajstić information content (AvgIpc) is 3.04. The zero-order chi connectivity index (χ0) is 16.9. The average molecular weight is 338 g/mol. The Morgan fingerprint density at radius 2 is 1.92 bits per heavy atom. The highest BCUT2D eigenvalue weighted by Gasteiger charge is 2.28. The van der Waals surface area contributed by atoms with Crippen LogP contribution in [0.5, 0.6) is 0 Å². The molecule has 1 atom stereocenters. The molecule has 4 nitrogen and oxygen atoms in total. The third-order valence-corrected chi connectivity index (χ3v) is 5.09. The van der Waals surface area contributed by atoms with E-state index in [0.717, 1.165) is 4.90 Å². The van der Waals surface area contributed by atoms with Crippen molar-refractivity contribution in [1.29, 1.82) is 0 Å². The van der Waals surface area contributed by atoms with Gasteiger partial charge in [0.2, 0.25) is 5.91 Å². The summed E-state index contributed by atoms with van der Waals surface area (Å²) < 4.78 is 0. The molecule has 0 saturated heterocycles. The van der Waals surface area contributed by atoms with Gasteiger partial charge >= 0.3 is 0 Å². The molecule has 0 aromatic heterocycles. The molecule has 0 fully saturated rings. The van der Waals surface area contributed by atoms with Crippen molar-refractivity contribution >= 4 is 29.3 Å². The first kappa shape index (κ1) is 16.3. The van der Waals surface area contributed by atoms with Gasteiger partial charge in [-0.2, -0.15) is 0 Å². The maximum Gasteiger partial charge on any atom is 0.253 e. The van der Waals surface area contributed by atoms with E-state index >= 15 is 0 Å². The van der Waals surface area contributed by atoms with E-state index < -0.39 is 0 Å². The Morgan fingerprint density at radius 1 is 1.17 bits per heavy atom. The van der Waals surface area contributed by atoms with Crippen molar-refractivity contribution in [2.75, 3.05) is 11.9 Å². The minimum Gasteiger partial charge on any atom is -0.349 e. The van der Waals surface area contributed by atoms with Crippen LogP contribution >= 0.6 is 11.8 Å². The smallest absolute Gasteiger partial charge is 0.253 e. The molecule has 2 N–H and O–H groups in total. The zero-order valence-corrected chi connectivity index (χ0v) is 13.9. The molecule has 3 rings (SSSR count). The van der Waals surface area contributed by atoms with Crippen molar-refractivity contribution in [3.8, 4) is 0 Å². The minimum atomic E-state index is -0.229. The number of benzene rings is 2. The van der Waals surface area contributed by atoms with Crippen molar-refractivity contribution in [1.82, 2.24) is 5.32 Å². The fourth-order valence-electron chi connectivity index (χ4n) is 2.59. The lowest BCUT2D eigenvalue weighted by Crippen LogP contribution is -2.28.